The highest BCUT2D eigenvalue weighted by Gasteiger charge is 2.14. The van der Waals surface area contributed by atoms with Gasteiger partial charge in [-0.2, -0.15) is 0 Å². The summed E-state index contributed by atoms with van der Waals surface area (Å²) in [6, 6.07) is 2.77. The van der Waals surface area contributed by atoms with E-state index in [9.17, 15) is 8.42 Å². The summed E-state index contributed by atoms with van der Waals surface area (Å²) in [5.74, 6) is 6.30. The zero-order valence-corrected chi connectivity index (χ0v) is 11.8. The third-order valence-corrected chi connectivity index (χ3v) is 4.21. The average Bonchev–Trinajstić information content (AvgIpc) is 2.84. The number of aromatic nitrogens is 3. The number of nitrogens with zero attached hydrogens (tertiary/aromatic N) is 3. The van der Waals surface area contributed by atoms with Crippen molar-refractivity contribution in [2.45, 2.75) is 11.3 Å². The van der Waals surface area contributed by atoms with Gasteiger partial charge in [-0.3, -0.25) is 0 Å². The summed E-state index contributed by atoms with van der Waals surface area (Å²) >= 11 is 0. The Balaban J connectivity index is 2.02. The van der Waals surface area contributed by atoms with Crippen LogP contribution in [-0.2, 0) is 23.5 Å². The number of anilines is 1. The van der Waals surface area contributed by atoms with Crippen molar-refractivity contribution in [1.29, 1.82) is 0 Å². The second-order valence-electron chi connectivity index (χ2n) is 4.12. The first kappa shape index (κ1) is 14.4. The molecule has 108 valence electrons. The molecule has 0 fully saturated rings. The van der Waals surface area contributed by atoms with Gasteiger partial charge >= 0.3 is 0 Å². The molecule has 0 saturated heterocycles. The number of pyridine rings is 1. The second-order valence-corrected chi connectivity index (χ2v) is 5.89. The van der Waals surface area contributed by atoms with Crippen molar-refractivity contribution >= 4 is 15.8 Å². The Morgan fingerprint density at radius 2 is 2.15 bits per heavy atom. The summed E-state index contributed by atoms with van der Waals surface area (Å²) in [7, 11) is -1.72. The number of aryl methyl sites for hydroxylation is 1. The van der Waals surface area contributed by atoms with E-state index in [1.165, 1.54) is 18.3 Å². The Morgan fingerprint density at radius 1 is 1.35 bits per heavy atom. The van der Waals surface area contributed by atoms with Gasteiger partial charge in [0.1, 0.15) is 11.6 Å². The second kappa shape index (κ2) is 5.99. The first-order valence-electron chi connectivity index (χ1n) is 5.91. The fraction of sp³-hybridized carbons (Fsp3) is 0.273. The van der Waals surface area contributed by atoms with Crippen LogP contribution < -0.4 is 16.0 Å². The minimum atomic E-state index is -3.58. The van der Waals surface area contributed by atoms with Crippen LogP contribution in [0.15, 0.2) is 35.6 Å². The van der Waals surface area contributed by atoms with Gasteiger partial charge in [-0.1, -0.05) is 0 Å². The Labute approximate surface area is 117 Å². The predicted molar refractivity (Wildman–Crippen MR) is 74.1 cm³/mol. The Kier molecular flexibility index (Phi) is 4.32. The Bertz CT molecular complexity index is 682. The van der Waals surface area contributed by atoms with E-state index in [0.717, 1.165) is 5.82 Å². The van der Waals surface area contributed by atoms with Crippen LogP contribution in [0.2, 0.25) is 0 Å². The number of hydrogen-bond acceptors (Lipinski definition) is 6. The zero-order chi connectivity index (χ0) is 14.6. The third-order valence-electron chi connectivity index (χ3n) is 2.75. The normalized spacial score (nSPS) is 11.5. The van der Waals surface area contributed by atoms with Gasteiger partial charge in [0.05, 0.1) is 4.90 Å². The van der Waals surface area contributed by atoms with Gasteiger partial charge in [-0.05, 0) is 6.07 Å². The molecule has 0 saturated carbocycles. The van der Waals surface area contributed by atoms with Crippen LogP contribution in [0.3, 0.4) is 0 Å². The maximum absolute atomic E-state index is 12.1. The van der Waals surface area contributed by atoms with Crippen LogP contribution in [0.25, 0.3) is 0 Å². The summed E-state index contributed by atoms with van der Waals surface area (Å²) < 4.78 is 28.5. The smallest absolute Gasteiger partial charge is 0.240 e. The van der Waals surface area contributed by atoms with Crippen LogP contribution in [-0.4, -0.2) is 29.5 Å². The zero-order valence-electron chi connectivity index (χ0n) is 10.9. The first-order chi connectivity index (χ1) is 9.53. The van der Waals surface area contributed by atoms with E-state index in [0.29, 0.717) is 6.42 Å². The molecule has 0 atom stereocenters. The van der Waals surface area contributed by atoms with Crippen molar-refractivity contribution < 1.29 is 8.42 Å². The molecule has 20 heavy (non-hydrogen) atoms. The Morgan fingerprint density at radius 3 is 2.80 bits per heavy atom. The molecule has 2 aromatic heterocycles. The molecule has 0 unspecified atom stereocenters. The van der Waals surface area contributed by atoms with E-state index in [2.05, 4.69) is 20.1 Å². The molecule has 2 rings (SSSR count). The van der Waals surface area contributed by atoms with Crippen LogP contribution in [0.4, 0.5) is 5.82 Å². The summed E-state index contributed by atoms with van der Waals surface area (Å²) in [5, 5.41) is 0. The minimum Gasteiger partial charge on any atom is -0.338 e. The lowest BCUT2D eigenvalue weighted by Crippen LogP contribution is -2.27. The Hall–Kier alpha value is -1.97. The molecule has 0 bridgehead atoms. The van der Waals surface area contributed by atoms with E-state index in [1.54, 1.807) is 6.20 Å². The molecule has 2 aromatic rings. The number of hydrazine groups is 1. The molecular weight excluding hydrogens is 280 g/mol. The molecule has 4 N–H and O–H groups in total. The van der Waals surface area contributed by atoms with Crippen LogP contribution in [0.1, 0.15) is 5.82 Å². The van der Waals surface area contributed by atoms with E-state index in [4.69, 9.17) is 5.84 Å². The highest BCUT2D eigenvalue weighted by Crippen LogP contribution is 2.11. The maximum Gasteiger partial charge on any atom is 0.240 e. The lowest BCUT2D eigenvalue weighted by molar-refractivity contribution is 0.580. The van der Waals surface area contributed by atoms with E-state index < -0.39 is 10.0 Å². The topological polar surface area (TPSA) is 115 Å². The summed E-state index contributed by atoms with van der Waals surface area (Å²) in [4.78, 5) is 8.10. The highest BCUT2D eigenvalue weighted by molar-refractivity contribution is 7.89. The van der Waals surface area contributed by atoms with E-state index in [-0.39, 0.29) is 17.3 Å². The van der Waals surface area contributed by atoms with E-state index >= 15 is 0 Å². The van der Waals surface area contributed by atoms with E-state index in [1.807, 2.05) is 17.8 Å². The lowest BCUT2D eigenvalue weighted by Gasteiger charge is -2.07. The number of sulfonamides is 1. The van der Waals surface area contributed by atoms with Crippen LogP contribution in [0.5, 0.6) is 0 Å². The van der Waals surface area contributed by atoms with Gasteiger partial charge < -0.3 is 9.99 Å². The quantitative estimate of drug-likeness (QED) is 0.494. The molecule has 2 heterocycles. The first-order valence-corrected chi connectivity index (χ1v) is 7.40. The molecule has 0 radical (unpaired) electrons. The number of hydrogen-bond donors (Lipinski definition) is 3. The van der Waals surface area contributed by atoms with Crippen molar-refractivity contribution in [3.63, 3.8) is 0 Å². The molecule has 0 aromatic carbocycles. The monoisotopic (exact) mass is 296 g/mol. The van der Waals surface area contributed by atoms with Crippen molar-refractivity contribution in [2.75, 3.05) is 12.0 Å². The molecule has 8 nitrogen and oxygen atoms in total. The molecular formula is C11H16N6O2S. The largest absolute Gasteiger partial charge is 0.338 e. The van der Waals surface area contributed by atoms with Gasteiger partial charge in [0.2, 0.25) is 10.0 Å². The van der Waals surface area contributed by atoms with Gasteiger partial charge in [-0.25, -0.2) is 29.0 Å². The maximum atomic E-state index is 12.1. The lowest BCUT2D eigenvalue weighted by atomic mass is 10.4. The van der Waals surface area contributed by atoms with Crippen LogP contribution in [0, 0.1) is 0 Å². The molecule has 9 heteroatoms. The van der Waals surface area contributed by atoms with Crippen molar-refractivity contribution in [3.05, 3.63) is 36.5 Å². The molecule has 0 spiro atoms. The highest BCUT2D eigenvalue weighted by atomic mass is 32.2. The van der Waals surface area contributed by atoms with Crippen molar-refractivity contribution in [2.24, 2.45) is 12.9 Å². The SMILES string of the molecule is Cn1ccnc1CCNS(=O)(=O)c1ccnc(NN)c1. The van der Waals surface area contributed by atoms with Gasteiger partial charge in [0, 0.05) is 44.7 Å². The average molecular weight is 296 g/mol. The number of imidazole rings is 1. The molecule has 0 amide bonds. The number of nitrogen functional groups attached to an aromatic ring is 1. The summed E-state index contributed by atoms with van der Waals surface area (Å²) in [5.41, 5.74) is 2.31. The van der Waals surface area contributed by atoms with Gasteiger partial charge in [0.15, 0.2) is 0 Å². The fourth-order valence-corrected chi connectivity index (χ4v) is 2.72. The van der Waals surface area contributed by atoms with Crippen molar-refractivity contribution in [3.8, 4) is 0 Å². The molecule has 0 aliphatic heterocycles. The predicted octanol–water partition coefficient (Wildman–Crippen LogP) is -0.378. The molecule has 0 aliphatic carbocycles. The fourth-order valence-electron chi connectivity index (χ4n) is 1.68. The number of nitrogens with two attached hydrogens (primary N) is 1. The summed E-state index contributed by atoms with van der Waals surface area (Å²) in [6.07, 6.45) is 5.37. The molecule has 0 aliphatic rings. The number of nitrogens with one attached hydrogen (secondary N) is 2. The van der Waals surface area contributed by atoms with Crippen LogP contribution >= 0.6 is 0 Å². The van der Waals surface area contributed by atoms with Gasteiger partial charge in [-0.15, -0.1) is 0 Å². The third kappa shape index (κ3) is 3.32. The number of rotatable bonds is 6. The van der Waals surface area contributed by atoms with Gasteiger partial charge in [0.25, 0.3) is 0 Å². The van der Waals surface area contributed by atoms with Crippen molar-refractivity contribution in [1.82, 2.24) is 19.3 Å². The minimum absolute atomic E-state index is 0.111. The summed E-state index contributed by atoms with van der Waals surface area (Å²) in [6.45, 7) is 0.265. The standard InChI is InChI=1S/C11H16N6O2S/c1-17-7-6-14-11(17)3-5-15-20(18,19)9-2-4-13-10(8-9)16-12/h2,4,6-8,15H,3,5,12H2,1H3,(H,13,16).